The van der Waals surface area contributed by atoms with E-state index < -0.39 is 19.9 Å². The summed E-state index contributed by atoms with van der Waals surface area (Å²) in [6, 6.07) is 6.21. The lowest BCUT2D eigenvalue weighted by Gasteiger charge is -2.14. The molecule has 0 aliphatic heterocycles. The van der Waals surface area contributed by atoms with Crippen molar-refractivity contribution in [3.63, 3.8) is 0 Å². The van der Waals surface area contributed by atoms with E-state index in [0.29, 0.717) is 5.69 Å². The molecular formula is C13H22N2O4S2. The van der Waals surface area contributed by atoms with Crippen molar-refractivity contribution in [1.29, 1.82) is 0 Å². The van der Waals surface area contributed by atoms with Crippen molar-refractivity contribution in [1.82, 2.24) is 4.72 Å². The SMILES string of the molecule is CCS(=O)(=O)CCNc1ccccc1S(=O)(=O)NC(C)C. The second-order valence-corrected chi connectivity index (χ2v) is 9.09. The van der Waals surface area contributed by atoms with Crippen molar-refractivity contribution >= 4 is 25.5 Å². The minimum Gasteiger partial charge on any atom is -0.383 e. The number of para-hydroxylation sites is 1. The molecule has 0 atom stereocenters. The number of sulfone groups is 1. The van der Waals surface area contributed by atoms with Crippen LogP contribution in [-0.4, -0.2) is 40.9 Å². The van der Waals surface area contributed by atoms with Gasteiger partial charge in [-0.1, -0.05) is 19.1 Å². The van der Waals surface area contributed by atoms with Crippen LogP contribution in [-0.2, 0) is 19.9 Å². The van der Waals surface area contributed by atoms with E-state index in [-0.39, 0.29) is 29.0 Å². The largest absolute Gasteiger partial charge is 0.383 e. The first-order valence-electron chi connectivity index (χ1n) is 6.73. The Labute approximate surface area is 126 Å². The van der Waals surface area contributed by atoms with Crippen LogP contribution in [0.2, 0.25) is 0 Å². The lowest BCUT2D eigenvalue weighted by Crippen LogP contribution is -2.31. The van der Waals surface area contributed by atoms with E-state index in [1.165, 1.54) is 6.07 Å². The normalized spacial score (nSPS) is 12.6. The van der Waals surface area contributed by atoms with Crippen molar-refractivity contribution in [3.8, 4) is 0 Å². The van der Waals surface area contributed by atoms with E-state index in [9.17, 15) is 16.8 Å². The van der Waals surface area contributed by atoms with Crippen molar-refractivity contribution in [2.24, 2.45) is 0 Å². The van der Waals surface area contributed by atoms with Gasteiger partial charge in [0.15, 0.2) is 9.84 Å². The molecule has 0 radical (unpaired) electrons. The standard InChI is InChI=1S/C13H22N2O4S2/c1-4-20(16,17)10-9-14-12-7-5-6-8-13(12)21(18,19)15-11(2)3/h5-8,11,14-15H,4,9-10H2,1-3H3. The number of rotatable bonds is 8. The molecule has 0 fully saturated rings. The van der Waals surface area contributed by atoms with Gasteiger partial charge in [-0.2, -0.15) is 0 Å². The van der Waals surface area contributed by atoms with Gasteiger partial charge in [0, 0.05) is 18.3 Å². The van der Waals surface area contributed by atoms with Crippen LogP contribution in [0.15, 0.2) is 29.2 Å². The third-order valence-electron chi connectivity index (χ3n) is 2.74. The molecule has 21 heavy (non-hydrogen) atoms. The van der Waals surface area contributed by atoms with Crippen LogP contribution in [0, 0.1) is 0 Å². The summed E-state index contributed by atoms with van der Waals surface area (Å²) < 4.78 is 49.8. The maximum absolute atomic E-state index is 12.2. The first-order valence-corrected chi connectivity index (χ1v) is 10.0. The zero-order valence-corrected chi connectivity index (χ0v) is 14.1. The highest BCUT2D eigenvalue weighted by Gasteiger charge is 2.19. The van der Waals surface area contributed by atoms with Gasteiger partial charge in [-0.3, -0.25) is 0 Å². The van der Waals surface area contributed by atoms with Gasteiger partial charge in [-0.15, -0.1) is 0 Å². The van der Waals surface area contributed by atoms with Crippen LogP contribution < -0.4 is 10.0 Å². The topological polar surface area (TPSA) is 92.3 Å². The zero-order valence-electron chi connectivity index (χ0n) is 12.5. The van der Waals surface area contributed by atoms with Crippen LogP contribution in [0.3, 0.4) is 0 Å². The molecule has 0 spiro atoms. The Bertz CT molecular complexity index is 667. The Kier molecular flexibility index (Phi) is 6.18. The summed E-state index contributed by atoms with van der Waals surface area (Å²) in [4.78, 5) is 0.118. The second kappa shape index (κ2) is 7.24. The Balaban J connectivity index is 2.90. The molecule has 2 N–H and O–H groups in total. The third kappa shape index (κ3) is 5.64. The fourth-order valence-electron chi connectivity index (χ4n) is 1.71. The van der Waals surface area contributed by atoms with Gasteiger partial charge in [-0.25, -0.2) is 21.6 Å². The van der Waals surface area contributed by atoms with Gasteiger partial charge < -0.3 is 5.32 Å². The van der Waals surface area contributed by atoms with Gasteiger partial charge in [0.05, 0.1) is 11.4 Å². The van der Waals surface area contributed by atoms with E-state index in [0.717, 1.165) is 0 Å². The maximum atomic E-state index is 12.2. The van der Waals surface area contributed by atoms with Crippen molar-refractivity contribution in [2.45, 2.75) is 31.7 Å². The molecule has 1 aromatic carbocycles. The van der Waals surface area contributed by atoms with E-state index in [1.54, 1.807) is 39.0 Å². The van der Waals surface area contributed by atoms with E-state index in [2.05, 4.69) is 10.0 Å². The summed E-state index contributed by atoms with van der Waals surface area (Å²) in [5, 5.41) is 2.88. The Morgan fingerprint density at radius 2 is 1.71 bits per heavy atom. The van der Waals surface area contributed by atoms with Crippen LogP contribution in [0.1, 0.15) is 20.8 Å². The second-order valence-electron chi connectivity index (χ2n) is 4.94. The number of sulfonamides is 1. The van der Waals surface area contributed by atoms with Gasteiger partial charge >= 0.3 is 0 Å². The van der Waals surface area contributed by atoms with E-state index in [1.807, 2.05) is 0 Å². The monoisotopic (exact) mass is 334 g/mol. The number of hydrogen-bond donors (Lipinski definition) is 2. The summed E-state index contributed by atoms with van der Waals surface area (Å²) in [7, 11) is -6.71. The molecule has 0 saturated carbocycles. The summed E-state index contributed by atoms with van der Waals surface area (Å²) in [6.45, 7) is 5.23. The number of benzene rings is 1. The third-order valence-corrected chi connectivity index (χ3v) is 6.16. The Hall–Kier alpha value is -1.12. The highest BCUT2D eigenvalue weighted by Crippen LogP contribution is 2.20. The van der Waals surface area contributed by atoms with Crippen molar-refractivity contribution < 1.29 is 16.8 Å². The average Bonchev–Trinajstić information content (AvgIpc) is 2.37. The molecule has 0 amide bonds. The van der Waals surface area contributed by atoms with Gasteiger partial charge in [0.1, 0.15) is 4.90 Å². The predicted octanol–water partition coefficient (Wildman–Crippen LogP) is 1.22. The molecule has 0 heterocycles. The number of hydrogen-bond acceptors (Lipinski definition) is 5. The average molecular weight is 334 g/mol. The minimum absolute atomic E-state index is 0.0323. The molecule has 0 aliphatic rings. The van der Waals surface area contributed by atoms with E-state index in [4.69, 9.17) is 0 Å². The molecule has 120 valence electrons. The van der Waals surface area contributed by atoms with Crippen LogP contribution >= 0.6 is 0 Å². The predicted molar refractivity (Wildman–Crippen MR) is 84.7 cm³/mol. The molecule has 8 heteroatoms. The lowest BCUT2D eigenvalue weighted by atomic mass is 10.3. The zero-order chi connectivity index (χ0) is 16.1. The molecular weight excluding hydrogens is 312 g/mol. The summed E-state index contributed by atoms with van der Waals surface area (Å²) >= 11 is 0. The Morgan fingerprint density at radius 1 is 1.10 bits per heavy atom. The molecule has 1 aromatic rings. The summed E-state index contributed by atoms with van der Waals surface area (Å²) in [5.74, 6) is 0.0407. The first-order chi connectivity index (χ1) is 9.68. The molecule has 6 nitrogen and oxygen atoms in total. The molecule has 0 aliphatic carbocycles. The fourth-order valence-corrected chi connectivity index (χ4v) is 3.84. The molecule has 0 aromatic heterocycles. The van der Waals surface area contributed by atoms with Crippen LogP contribution in [0.4, 0.5) is 5.69 Å². The lowest BCUT2D eigenvalue weighted by molar-refractivity contribution is 0.570. The first kappa shape index (κ1) is 17.9. The minimum atomic E-state index is -3.62. The van der Waals surface area contributed by atoms with Gasteiger partial charge in [-0.05, 0) is 26.0 Å². The maximum Gasteiger partial charge on any atom is 0.242 e. The number of nitrogens with one attached hydrogen (secondary N) is 2. The molecule has 0 saturated heterocycles. The van der Waals surface area contributed by atoms with Gasteiger partial charge in [0.25, 0.3) is 0 Å². The van der Waals surface area contributed by atoms with Crippen molar-refractivity contribution in [3.05, 3.63) is 24.3 Å². The highest BCUT2D eigenvalue weighted by atomic mass is 32.2. The van der Waals surface area contributed by atoms with Crippen LogP contribution in [0.5, 0.6) is 0 Å². The van der Waals surface area contributed by atoms with Crippen molar-refractivity contribution in [2.75, 3.05) is 23.4 Å². The molecule has 0 unspecified atom stereocenters. The number of anilines is 1. The summed E-state index contributed by atoms with van der Waals surface area (Å²) in [6.07, 6.45) is 0. The smallest absolute Gasteiger partial charge is 0.242 e. The van der Waals surface area contributed by atoms with E-state index >= 15 is 0 Å². The van der Waals surface area contributed by atoms with Gasteiger partial charge in [0.2, 0.25) is 10.0 Å². The summed E-state index contributed by atoms with van der Waals surface area (Å²) in [5.41, 5.74) is 0.400. The van der Waals surface area contributed by atoms with Crippen LogP contribution in [0.25, 0.3) is 0 Å². The Morgan fingerprint density at radius 3 is 2.29 bits per heavy atom. The fraction of sp³-hybridized carbons (Fsp3) is 0.538. The molecule has 0 bridgehead atoms. The highest BCUT2D eigenvalue weighted by molar-refractivity contribution is 7.91. The molecule has 1 rings (SSSR count). The quantitative estimate of drug-likeness (QED) is 0.746.